The van der Waals surface area contributed by atoms with Gasteiger partial charge in [-0.25, -0.2) is 4.68 Å². The lowest BCUT2D eigenvalue weighted by Gasteiger charge is -2.22. The molecule has 2 N–H and O–H groups in total. The van der Waals surface area contributed by atoms with Crippen molar-refractivity contribution in [3.63, 3.8) is 0 Å². The number of rotatable bonds is 4. The predicted molar refractivity (Wildman–Crippen MR) is 99.3 cm³/mol. The van der Waals surface area contributed by atoms with Crippen LogP contribution in [0, 0.1) is 5.92 Å². The van der Waals surface area contributed by atoms with Gasteiger partial charge in [-0.15, -0.1) is 12.4 Å². The van der Waals surface area contributed by atoms with Crippen molar-refractivity contribution in [3.05, 3.63) is 46.1 Å². The Kier molecular flexibility index (Phi) is 6.92. The Morgan fingerprint density at radius 1 is 1.33 bits per heavy atom. The van der Waals surface area contributed by atoms with Gasteiger partial charge in [-0.3, -0.25) is 4.79 Å². The molecule has 1 saturated heterocycles. The molecule has 1 aliphatic heterocycles. The fraction of sp³-hybridized carbons (Fsp3) is 0.375. The lowest BCUT2D eigenvalue weighted by Crippen LogP contribution is -2.37. The molecular formula is C16H19Cl3N4O. The normalized spacial score (nSPS) is 17.2. The third kappa shape index (κ3) is 4.42. The van der Waals surface area contributed by atoms with E-state index in [1.165, 1.54) is 0 Å². The van der Waals surface area contributed by atoms with E-state index in [1.54, 1.807) is 35.1 Å². The first kappa shape index (κ1) is 19.1. The molecule has 5 nitrogen and oxygen atoms in total. The number of halogens is 3. The molecule has 1 atom stereocenters. The smallest absolute Gasteiger partial charge is 0.229 e. The molecule has 0 bridgehead atoms. The third-order valence-electron chi connectivity index (χ3n) is 4.01. The lowest BCUT2D eigenvalue weighted by atomic mass is 9.99. The second-order valence-corrected chi connectivity index (χ2v) is 6.42. The number of benzene rings is 1. The van der Waals surface area contributed by atoms with Crippen LogP contribution >= 0.6 is 35.6 Å². The van der Waals surface area contributed by atoms with E-state index >= 15 is 0 Å². The SMILES string of the molecule is Cl.O=C(Nc1ccnn1Cc1c(Cl)cccc1Cl)C1CCCNC1. The van der Waals surface area contributed by atoms with E-state index < -0.39 is 0 Å². The summed E-state index contributed by atoms with van der Waals surface area (Å²) in [6.45, 7) is 2.10. The Balaban J connectivity index is 0.00000208. The molecule has 0 aliphatic carbocycles. The minimum atomic E-state index is -0.00370. The quantitative estimate of drug-likeness (QED) is 0.840. The zero-order chi connectivity index (χ0) is 16.2. The average molecular weight is 390 g/mol. The van der Waals surface area contributed by atoms with Crippen molar-refractivity contribution in [2.24, 2.45) is 5.92 Å². The minimum absolute atomic E-state index is 0. The molecule has 1 fully saturated rings. The van der Waals surface area contributed by atoms with Crippen molar-refractivity contribution in [2.75, 3.05) is 18.4 Å². The summed E-state index contributed by atoms with van der Waals surface area (Å²) < 4.78 is 1.70. The summed E-state index contributed by atoms with van der Waals surface area (Å²) >= 11 is 12.4. The first-order valence-electron chi connectivity index (χ1n) is 7.61. The number of nitrogens with one attached hydrogen (secondary N) is 2. The molecule has 130 valence electrons. The van der Waals surface area contributed by atoms with Crippen molar-refractivity contribution in [2.45, 2.75) is 19.4 Å². The summed E-state index contributed by atoms with van der Waals surface area (Å²) in [5, 5.41) is 11.6. The Morgan fingerprint density at radius 2 is 2.08 bits per heavy atom. The summed E-state index contributed by atoms with van der Waals surface area (Å²) in [7, 11) is 0. The summed E-state index contributed by atoms with van der Waals surface area (Å²) in [6.07, 6.45) is 3.58. The molecule has 1 aromatic heterocycles. The first-order chi connectivity index (χ1) is 11.1. The second kappa shape index (κ2) is 8.72. The van der Waals surface area contributed by atoms with E-state index in [0.29, 0.717) is 22.4 Å². The Morgan fingerprint density at radius 3 is 2.75 bits per heavy atom. The standard InChI is InChI=1S/C16H18Cl2N4O.ClH/c17-13-4-1-5-14(18)12(13)10-22-15(6-8-20-22)21-16(23)11-3-2-7-19-9-11;/h1,4-6,8,11,19H,2-3,7,9-10H2,(H,21,23);1H. The van der Waals surface area contributed by atoms with Crippen LogP contribution in [0.5, 0.6) is 0 Å². The number of hydrogen-bond acceptors (Lipinski definition) is 3. The maximum Gasteiger partial charge on any atom is 0.229 e. The number of aromatic nitrogens is 2. The van der Waals surface area contributed by atoms with Gasteiger partial charge in [-0.05, 0) is 31.5 Å². The van der Waals surface area contributed by atoms with E-state index in [0.717, 1.165) is 31.5 Å². The van der Waals surface area contributed by atoms with Crippen LogP contribution in [0.4, 0.5) is 5.82 Å². The minimum Gasteiger partial charge on any atom is -0.316 e. The van der Waals surface area contributed by atoms with E-state index in [2.05, 4.69) is 15.7 Å². The van der Waals surface area contributed by atoms with Crippen LogP contribution in [0.25, 0.3) is 0 Å². The predicted octanol–water partition coefficient (Wildman–Crippen LogP) is 3.60. The highest BCUT2D eigenvalue weighted by Crippen LogP contribution is 2.26. The molecule has 1 amide bonds. The monoisotopic (exact) mass is 388 g/mol. The first-order valence-corrected chi connectivity index (χ1v) is 8.37. The molecule has 2 aromatic rings. The van der Waals surface area contributed by atoms with E-state index in [9.17, 15) is 4.79 Å². The number of hydrogen-bond donors (Lipinski definition) is 2. The molecule has 0 saturated carbocycles. The van der Waals surface area contributed by atoms with E-state index in [-0.39, 0.29) is 24.2 Å². The number of carbonyl (C=O) groups excluding carboxylic acids is 1. The van der Waals surface area contributed by atoms with E-state index in [1.807, 2.05) is 0 Å². The number of nitrogens with zero attached hydrogens (tertiary/aromatic N) is 2. The van der Waals surface area contributed by atoms with Gasteiger partial charge in [0, 0.05) is 28.2 Å². The van der Waals surface area contributed by atoms with Crippen LogP contribution in [-0.2, 0) is 11.3 Å². The zero-order valence-electron chi connectivity index (χ0n) is 13.0. The molecule has 3 rings (SSSR count). The summed E-state index contributed by atoms with van der Waals surface area (Å²) in [5.41, 5.74) is 0.786. The van der Waals surface area contributed by atoms with Gasteiger partial charge in [0.05, 0.1) is 18.7 Å². The van der Waals surface area contributed by atoms with Crippen molar-refractivity contribution < 1.29 is 4.79 Å². The maximum absolute atomic E-state index is 12.4. The average Bonchev–Trinajstić information content (AvgIpc) is 2.99. The van der Waals surface area contributed by atoms with Crippen LogP contribution in [0.2, 0.25) is 10.0 Å². The molecule has 0 radical (unpaired) electrons. The Bertz CT molecular complexity index is 678. The van der Waals surface area contributed by atoms with Gasteiger partial charge in [-0.1, -0.05) is 29.3 Å². The van der Waals surface area contributed by atoms with Gasteiger partial charge >= 0.3 is 0 Å². The molecule has 1 aliphatic rings. The lowest BCUT2D eigenvalue weighted by molar-refractivity contribution is -0.120. The Labute approximate surface area is 157 Å². The van der Waals surface area contributed by atoms with Gasteiger partial charge in [0.15, 0.2) is 0 Å². The largest absolute Gasteiger partial charge is 0.316 e. The Hall–Kier alpha value is -1.27. The third-order valence-corrected chi connectivity index (χ3v) is 4.71. The summed E-state index contributed by atoms with van der Waals surface area (Å²) in [6, 6.07) is 7.16. The topological polar surface area (TPSA) is 59.0 Å². The molecule has 1 aromatic carbocycles. The van der Waals surface area contributed by atoms with Crippen molar-refractivity contribution in [1.29, 1.82) is 0 Å². The second-order valence-electron chi connectivity index (χ2n) is 5.61. The van der Waals surface area contributed by atoms with E-state index in [4.69, 9.17) is 23.2 Å². The highest BCUT2D eigenvalue weighted by molar-refractivity contribution is 6.35. The van der Waals surface area contributed by atoms with Crippen LogP contribution in [0.15, 0.2) is 30.5 Å². The van der Waals surface area contributed by atoms with Crippen LogP contribution in [-0.4, -0.2) is 28.8 Å². The van der Waals surface area contributed by atoms with Crippen molar-refractivity contribution in [1.82, 2.24) is 15.1 Å². The number of anilines is 1. The molecule has 0 spiro atoms. The van der Waals surface area contributed by atoms with Gasteiger partial charge in [0.1, 0.15) is 5.82 Å². The fourth-order valence-corrected chi connectivity index (χ4v) is 3.22. The molecule has 2 heterocycles. The zero-order valence-corrected chi connectivity index (χ0v) is 15.3. The van der Waals surface area contributed by atoms with Crippen LogP contribution < -0.4 is 10.6 Å². The number of carbonyl (C=O) groups is 1. The molecular weight excluding hydrogens is 371 g/mol. The van der Waals surface area contributed by atoms with Gasteiger partial charge in [0.2, 0.25) is 5.91 Å². The molecule has 8 heteroatoms. The van der Waals surface area contributed by atoms with Gasteiger partial charge in [0.25, 0.3) is 0 Å². The molecule has 24 heavy (non-hydrogen) atoms. The van der Waals surface area contributed by atoms with Crippen LogP contribution in [0.3, 0.4) is 0 Å². The summed E-state index contributed by atoms with van der Waals surface area (Å²) in [4.78, 5) is 12.4. The van der Waals surface area contributed by atoms with Gasteiger partial charge in [-0.2, -0.15) is 5.10 Å². The van der Waals surface area contributed by atoms with Crippen LogP contribution in [0.1, 0.15) is 18.4 Å². The summed E-state index contributed by atoms with van der Waals surface area (Å²) in [5.74, 6) is 0.664. The van der Waals surface area contributed by atoms with Crippen molar-refractivity contribution in [3.8, 4) is 0 Å². The number of amides is 1. The fourth-order valence-electron chi connectivity index (χ4n) is 2.70. The number of piperidine rings is 1. The highest BCUT2D eigenvalue weighted by atomic mass is 35.5. The molecule has 1 unspecified atom stereocenters. The van der Waals surface area contributed by atoms with Crippen molar-refractivity contribution >= 4 is 47.3 Å². The highest BCUT2D eigenvalue weighted by Gasteiger charge is 2.22. The maximum atomic E-state index is 12.4. The van der Waals surface area contributed by atoms with Gasteiger partial charge < -0.3 is 10.6 Å².